The van der Waals surface area contributed by atoms with Crippen molar-refractivity contribution in [3.8, 4) is 0 Å². The molecule has 1 fully saturated rings. The molecule has 134 valence electrons. The highest BCUT2D eigenvalue weighted by Crippen LogP contribution is 2.18. The fraction of sp³-hybridized carbons (Fsp3) is 0.632. The minimum atomic E-state index is -0.0614. The number of aryl methyl sites for hydroxylation is 1. The SMILES string of the molecule is CCN(CCO)C(=O)NCC1CCN(Cc2ccc(C)cc2)CC1. The third kappa shape index (κ3) is 5.80. The molecule has 2 N–H and O–H groups in total. The molecule has 1 aromatic carbocycles. The Morgan fingerprint density at radius 2 is 1.96 bits per heavy atom. The van der Waals surface area contributed by atoms with E-state index in [0.717, 1.165) is 39.0 Å². The van der Waals surface area contributed by atoms with E-state index in [0.29, 0.717) is 19.0 Å². The number of nitrogens with zero attached hydrogens (tertiary/aromatic N) is 2. The van der Waals surface area contributed by atoms with Crippen LogP contribution in [0.5, 0.6) is 0 Å². The molecule has 5 heteroatoms. The van der Waals surface area contributed by atoms with Gasteiger partial charge in [-0.1, -0.05) is 29.8 Å². The van der Waals surface area contributed by atoms with Crippen LogP contribution in [0, 0.1) is 12.8 Å². The van der Waals surface area contributed by atoms with Crippen LogP contribution in [-0.4, -0.2) is 60.3 Å². The monoisotopic (exact) mass is 333 g/mol. The Balaban J connectivity index is 1.69. The summed E-state index contributed by atoms with van der Waals surface area (Å²) >= 11 is 0. The van der Waals surface area contributed by atoms with E-state index in [-0.39, 0.29) is 12.6 Å². The van der Waals surface area contributed by atoms with Crippen molar-refractivity contribution in [1.29, 1.82) is 0 Å². The summed E-state index contributed by atoms with van der Waals surface area (Å²) in [6.45, 7) is 9.00. The summed E-state index contributed by atoms with van der Waals surface area (Å²) in [4.78, 5) is 16.2. The maximum Gasteiger partial charge on any atom is 0.317 e. The highest BCUT2D eigenvalue weighted by Gasteiger charge is 2.20. The molecule has 0 atom stereocenters. The van der Waals surface area contributed by atoms with Gasteiger partial charge in [0.15, 0.2) is 0 Å². The van der Waals surface area contributed by atoms with Crippen LogP contribution in [0.1, 0.15) is 30.9 Å². The zero-order chi connectivity index (χ0) is 17.4. The van der Waals surface area contributed by atoms with Gasteiger partial charge >= 0.3 is 6.03 Å². The number of likely N-dealkylation sites (N-methyl/N-ethyl adjacent to an activating group) is 1. The van der Waals surface area contributed by atoms with E-state index in [4.69, 9.17) is 5.11 Å². The first-order chi connectivity index (χ1) is 11.6. The lowest BCUT2D eigenvalue weighted by Crippen LogP contribution is -2.44. The van der Waals surface area contributed by atoms with Crippen molar-refractivity contribution >= 4 is 6.03 Å². The Morgan fingerprint density at radius 1 is 1.29 bits per heavy atom. The number of carbonyl (C=O) groups is 1. The van der Waals surface area contributed by atoms with Gasteiger partial charge in [-0.15, -0.1) is 0 Å². The number of piperidine rings is 1. The summed E-state index contributed by atoms with van der Waals surface area (Å²) in [6, 6.07) is 8.70. The normalized spacial score (nSPS) is 16.1. The number of urea groups is 1. The molecule has 0 radical (unpaired) electrons. The van der Waals surface area contributed by atoms with Gasteiger partial charge in [0.2, 0.25) is 0 Å². The lowest BCUT2D eigenvalue weighted by molar-refractivity contribution is 0.163. The van der Waals surface area contributed by atoms with E-state index in [1.54, 1.807) is 4.90 Å². The van der Waals surface area contributed by atoms with Crippen LogP contribution < -0.4 is 5.32 Å². The van der Waals surface area contributed by atoms with Gasteiger partial charge in [-0.3, -0.25) is 4.90 Å². The predicted molar refractivity (Wildman–Crippen MR) is 96.9 cm³/mol. The number of benzene rings is 1. The second-order valence-electron chi connectivity index (χ2n) is 6.69. The van der Waals surface area contributed by atoms with E-state index in [1.165, 1.54) is 11.1 Å². The van der Waals surface area contributed by atoms with Crippen molar-refractivity contribution in [2.45, 2.75) is 33.2 Å². The molecule has 1 aliphatic heterocycles. The van der Waals surface area contributed by atoms with E-state index in [9.17, 15) is 4.79 Å². The van der Waals surface area contributed by atoms with Gasteiger partial charge in [-0.25, -0.2) is 4.79 Å². The summed E-state index contributed by atoms with van der Waals surface area (Å²) < 4.78 is 0. The minimum Gasteiger partial charge on any atom is -0.395 e. The lowest BCUT2D eigenvalue weighted by Gasteiger charge is -2.32. The van der Waals surface area contributed by atoms with Gasteiger partial charge < -0.3 is 15.3 Å². The summed E-state index contributed by atoms with van der Waals surface area (Å²) in [5.74, 6) is 0.552. The number of nitrogens with one attached hydrogen (secondary N) is 1. The smallest absolute Gasteiger partial charge is 0.317 e. The van der Waals surface area contributed by atoms with Crippen LogP contribution in [0.4, 0.5) is 4.79 Å². The van der Waals surface area contributed by atoms with Crippen LogP contribution in [0.3, 0.4) is 0 Å². The molecule has 1 saturated heterocycles. The fourth-order valence-electron chi connectivity index (χ4n) is 3.17. The van der Waals surface area contributed by atoms with E-state index in [1.807, 2.05) is 6.92 Å². The third-order valence-corrected chi connectivity index (χ3v) is 4.81. The second kappa shape index (κ2) is 9.64. The van der Waals surface area contributed by atoms with Gasteiger partial charge in [-0.2, -0.15) is 0 Å². The number of aliphatic hydroxyl groups is 1. The summed E-state index contributed by atoms with van der Waals surface area (Å²) in [6.07, 6.45) is 2.25. The molecule has 0 aromatic heterocycles. The number of carbonyl (C=O) groups excluding carboxylic acids is 1. The molecule has 0 bridgehead atoms. The van der Waals surface area contributed by atoms with Crippen LogP contribution in [0.25, 0.3) is 0 Å². The van der Waals surface area contributed by atoms with Gasteiger partial charge in [0.1, 0.15) is 0 Å². The molecule has 0 spiro atoms. The second-order valence-corrected chi connectivity index (χ2v) is 6.69. The topological polar surface area (TPSA) is 55.8 Å². The standard InChI is InChI=1S/C19H31N3O2/c1-3-22(12-13-23)19(24)20-14-17-8-10-21(11-9-17)15-18-6-4-16(2)5-7-18/h4-7,17,23H,3,8-15H2,1-2H3,(H,20,24). The summed E-state index contributed by atoms with van der Waals surface area (Å²) in [7, 11) is 0. The Hall–Kier alpha value is -1.59. The molecule has 2 amide bonds. The van der Waals surface area contributed by atoms with E-state index in [2.05, 4.69) is 41.4 Å². The quantitative estimate of drug-likeness (QED) is 0.804. The van der Waals surface area contributed by atoms with Gasteiger partial charge in [0, 0.05) is 26.2 Å². The number of amides is 2. The van der Waals surface area contributed by atoms with E-state index >= 15 is 0 Å². The maximum absolute atomic E-state index is 12.0. The highest BCUT2D eigenvalue weighted by molar-refractivity contribution is 5.74. The molecule has 0 saturated carbocycles. The molecule has 24 heavy (non-hydrogen) atoms. The minimum absolute atomic E-state index is 0.0126. The molecular formula is C19H31N3O2. The number of hydrogen-bond acceptors (Lipinski definition) is 3. The van der Waals surface area contributed by atoms with Crippen LogP contribution in [-0.2, 0) is 6.54 Å². The number of rotatable bonds is 7. The van der Waals surface area contributed by atoms with Gasteiger partial charge in [0.25, 0.3) is 0 Å². The molecule has 1 heterocycles. The number of aliphatic hydroxyl groups excluding tert-OH is 1. The molecule has 0 aliphatic carbocycles. The molecular weight excluding hydrogens is 302 g/mol. The van der Waals surface area contributed by atoms with Crippen LogP contribution >= 0.6 is 0 Å². The number of hydrogen-bond donors (Lipinski definition) is 2. The van der Waals surface area contributed by atoms with Crippen molar-refractivity contribution in [3.63, 3.8) is 0 Å². The average molecular weight is 333 g/mol. The maximum atomic E-state index is 12.0. The van der Waals surface area contributed by atoms with Gasteiger partial charge in [0.05, 0.1) is 6.61 Å². The van der Waals surface area contributed by atoms with Crippen molar-refractivity contribution < 1.29 is 9.90 Å². The largest absolute Gasteiger partial charge is 0.395 e. The fourth-order valence-corrected chi connectivity index (χ4v) is 3.17. The van der Waals surface area contributed by atoms with Crippen molar-refractivity contribution in [2.75, 3.05) is 39.3 Å². The Bertz CT molecular complexity index is 496. The highest BCUT2D eigenvalue weighted by atomic mass is 16.3. The zero-order valence-corrected chi connectivity index (χ0v) is 15.0. The van der Waals surface area contributed by atoms with Crippen LogP contribution in [0.2, 0.25) is 0 Å². The zero-order valence-electron chi connectivity index (χ0n) is 15.0. The molecule has 1 aromatic rings. The van der Waals surface area contributed by atoms with E-state index < -0.39 is 0 Å². The molecule has 5 nitrogen and oxygen atoms in total. The van der Waals surface area contributed by atoms with Gasteiger partial charge in [-0.05, 0) is 51.3 Å². The van der Waals surface area contributed by atoms with Crippen LogP contribution in [0.15, 0.2) is 24.3 Å². The molecule has 2 rings (SSSR count). The molecule has 0 unspecified atom stereocenters. The summed E-state index contributed by atoms with van der Waals surface area (Å²) in [5.41, 5.74) is 2.67. The lowest BCUT2D eigenvalue weighted by atomic mass is 9.96. The number of likely N-dealkylation sites (tertiary alicyclic amines) is 1. The third-order valence-electron chi connectivity index (χ3n) is 4.81. The Labute approximate surface area is 145 Å². The first-order valence-corrected chi connectivity index (χ1v) is 9.04. The Morgan fingerprint density at radius 3 is 2.54 bits per heavy atom. The summed E-state index contributed by atoms with van der Waals surface area (Å²) in [5, 5.41) is 12.0. The van der Waals surface area contributed by atoms with Crippen molar-refractivity contribution in [1.82, 2.24) is 15.1 Å². The first kappa shape index (κ1) is 18.7. The van der Waals surface area contributed by atoms with Crippen molar-refractivity contribution in [3.05, 3.63) is 35.4 Å². The Kier molecular flexibility index (Phi) is 7.53. The first-order valence-electron chi connectivity index (χ1n) is 9.04. The molecule has 1 aliphatic rings. The predicted octanol–water partition coefficient (Wildman–Crippen LogP) is 2.23. The van der Waals surface area contributed by atoms with Crippen molar-refractivity contribution in [2.24, 2.45) is 5.92 Å². The average Bonchev–Trinajstić information content (AvgIpc) is 2.60.